The number of benzene rings is 1. The molecule has 2 aromatic heterocycles. The Balaban J connectivity index is 1.75. The highest BCUT2D eigenvalue weighted by Crippen LogP contribution is 2.32. The maximum Gasteiger partial charge on any atom is 0.257 e. The zero-order valence-corrected chi connectivity index (χ0v) is 13.3. The molecule has 0 aliphatic heterocycles. The molecule has 0 radical (unpaired) electrons. The van der Waals surface area contributed by atoms with Gasteiger partial charge in [0, 0.05) is 6.54 Å². The third-order valence-electron chi connectivity index (χ3n) is 2.92. The molecule has 106 valence electrons. The summed E-state index contributed by atoms with van der Waals surface area (Å²) in [5.74, 6) is -0.195. The van der Waals surface area contributed by atoms with Crippen LogP contribution in [0.2, 0.25) is 0 Å². The molecule has 0 fully saturated rings. The first-order valence-corrected chi connectivity index (χ1v) is 7.87. The van der Waals surface area contributed by atoms with Crippen LogP contribution in [-0.4, -0.2) is 11.1 Å². The summed E-state index contributed by atoms with van der Waals surface area (Å²) >= 11 is 4.91. The second-order valence-electron chi connectivity index (χ2n) is 4.35. The minimum atomic E-state index is -0.195. The molecular formula is C15H11BrN2O2S. The van der Waals surface area contributed by atoms with Gasteiger partial charge in [-0.05, 0) is 33.6 Å². The summed E-state index contributed by atoms with van der Waals surface area (Å²) in [5.41, 5.74) is 2.05. The van der Waals surface area contributed by atoms with E-state index >= 15 is 0 Å². The molecule has 0 saturated carbocycles. The van der Waals surface area contributed by atoms with Gasteiger partial charge in [-0.3, -0.25) is 4.79 Å². The smallest absolute Gasteiger partial charge is 0.257 e. The summed E-state index contributed by atoms with van der Waals surface area (Å²) in [6.07, 6.45) is 1.38. The minimum Gasteiger partial charge on any atom is -0.363 e. The fourth-order valence-corrected chi connectivity index (χ4v) is 3.27. The van der Waals surface area contributed by atoms with Gasteiger partial charge in [-0.15, -0.1) is 11.3 Å². The topological polar surface area (TPSA) is 55.1 Å². The van der Waals surface area contributed by atoms with Crippen LogP contribution < -0.4 is 5.32 Å². The second-order valence-corrected chi connectivity index (χ2v) is 6.81. The highest BCUT2D eigenvalue weighted by atomic mass is 79.9. The van der Waals surface area contributed by atoms with E-state index < -0.39 is 0 Å². The SMILES string of the molecule is O=C(NCc1ccccc1)c1conc1-c1ccc(Br)s1. The van der Waals surface area contributed by atoms with Crippen molar-refractivity contribution in [3.63, 3.8) is 0 Å². The predicted octanol–water partition coefficient (Wildman–Crippen LogP) is 4.10. The number of hydrogen-bond acceptors (Lipinski definition) is 4. The minimum absolute atomic E-state index is 0.195. The summed E-state index contributed by atoms with van der Waals surface area (Å²) in [6, 6.07) is 13.6. The first-order chi connectivity index (χ1) is 10.2. The van der Waals surface area contributed by atoms with Crippen LogP contribution in [0.5, 0.6) is 0 Å². The van der Waals surface area contributed by atoms with E-state index in [-0.39, 0.29) is 5.91 Å². The van der Waals surface area contributed by atoms with E-state index in [1.54, 1.807) is 0 Å². The molecular weight excluding hydrogens is 352 g/mol. The number of nitrogens with zero attached hydrogens (tertiary/aromatic N) is 1. The zero-order chi connectivity index (χ0) is 14.7. The Hall–Kier alpha value is -1.92. The number of halogens is 1. The number of amides is 1. The second kappa shape index (κ2) is 6.24. The summed E-state index contributed by atoms with van der Waals surface area (Å²) in [7, 11) is 0. The lowest BCUT2D eigenvalue weighted by molar-refractivity contribution is 0.0951. The monoisotopic (exact) mass is 362 g/mol. The molecule has 1 aromatic carbocycles. The number of rotatable bonds is 4. The molecule has 2 heterocycles. The molecule has 1 amide bonds. The van der Waals surface area contributed by atoms with Crippen LogP contribution >= 0.6 is 27.3 Å². The first-order valence-electron chi connectivity index (χ1n) is 6.26. The van der Waals surface area contributed by atoms with Gasteiger partial charge in [0.25, 0.3) is 5.91 Å². The van der Waals surface area contributed by atoms with E-state index in [2.05, 4.69) is 26.4 Å². The van der Waals surface area contributed by atoms with Crippen molar-refractivity contribution in [1.82, 2.24) is 10.5 Å². The third-order valence-corrected chi connectivity index (χ3v) is 4.55. The first kappa shape index (κ1) is 14.0. The van der Waals surface area contributed by atoms with E-state index in [0.717, 1.165) is 14.2 Å². The molecule has 6 heteroatoms. The van der Waals surface area contributed by atoms with Crippen molar-refractivity contribution in [3.8, 4) is 10.6 Å². The lowest BCUT2D eigenvalue weighted by atomic mass is 10.2. The number of aromatic nitrogens is 1. The van der Waals surface area contributed by atoms with Crippen LogP contribution in [0.1, 0.15) is 15.9 Å². The van der Waals surface area contributed by atoms with Crippen molar-refractivity contribution in [1.29, 1.82) is 0 Å². The van der Waals surface area contributed by atoms with Crippen LogP contribution in [0, 0.1) is 0 Å². The van der Waals surface area contributed by atoms with Gasteiger partial charge in [0.1, 0.15) is 17.5 Å². The van der Waals surface area contributed by atoms with Gasteiger partial charge < -0.3 is 9.84 Å². The van der Waals surface area contributed by atoms with E-state index in [4.69, 9.17) is 4.52 Å². The quantitative estimate of drug-likeness (QED) is 0.760. The number of thiophene rings is 1. The number of carbonyl (C=O) groups is 1. The molecule has 3 aromatic rings. The molecule has 1 N–H and O–H groups in total. The Morgan fingerprint density at radius 2 is 2.05 bits per heavy atom. The van der Waals surface area contributed by atoms with Crippen molar-refractivity contribution in [2.75, 3.05) is 0 Å². The lowest BCUT2D eigenvalue weighted by Gasteiger charge is -2.04. The number of carbonyl (C=O) groups excluding carboxylic acids is 1. The standard InChI is InChI=1S/C15H11BrN2O2S/c16-13-7-6-12(21-13)14-11(9-20-18-14)15(19)17-8-10-4-2-1-3-5-10/h1-7,9H,8H2,(H,17,19). The predicted molar refractivity (Wildman–Crippen MR) is 85.1 cm³/mol. The van der Waals surface area contributed by atoms with Crippen molar-refractivity contribution in [2.24, 2.45) is 0 Å². The lowest BCUT2D eigenvalue weighted by Crippen LogP contribution is -2.22. The van der Waals surface area contributed by atoms with Crippen LogP contribution in [0.15, 0.2) is 57.0 Å². The van der Waals surface area contributed by atoms with Crippen LogP contribution in [0.4, 0.5) is 0 Å². The molecule has 0 unspecified atom stereocenters. The molecule has 0 aliphatic carbocycles. The maximum atomic E-state index is 12.3. The molecule has 0 bridgehead atoms. The third kappa shape index (κ3) is 3.22. The van der Waals surface area contributed by atoms with Crippen molar-refractivity contribution >= 4 is 33.2 Å². The molecule has 0 aliphatic rings. The van der Waals surface area contributed by atoms with Gasteiger partial charge in [0.2, 0.25) is 0 Å². The zero-order valence-electron chi connectivity index (χ0n) is 10.9. The molecule has 0 atom stereocenters. The highest BCUT2D eigenvalue weighted by molar-refractivity contribution is 9.11. The van der Waals surface area contributed by atoms with Gasteiger partial charge in [-0.2, -0.15) is 0 Å². The summed E-state index contributed by atoms with van der Waals surface area (Å²) in [4.78, 5) is 13.2. The average molecular weight is 363 g/mol. The van der Waals surface area contributed by atoms with Gasteiger partial charge in [0.15, 0.2) is 0 Å². The van der Waals surface area contributed by atoms with Gasteiger partial charge in [0.05, 0.1) is 8.66 Å². The number of nitrogens with one attached hydrogen (secondary N) is 1. The van der Waals surface area contributed by atoms with Gasteiger partial charge >= 0.3 is 0 Å². The highest BCUT2D eigenvalue weighted by Gasteiger charge is 2.18. The van der Waals surface area contributed by atoms with Crippen LogP contribution in [0.25, 0.3) is 10.6 Å². The van der Waals surface area contributed by atoms with Gasteiger partial charge in [-0.25, -0.2) is 0 Å². The average Bonchev–Trinajstić information content (AvgIpc) is 3.14. The summed E-state index contributed by atoms with van der Waals surface area (Å²) in [5, 5.41) is 6.80. The largest absolute Gasteiger partial charge is 0.363 e. The Morgan fingerprint density at radius 3 is 2.76 bits per heavy atom. The normalized spacial score (nSPS) is 10.5. The molecule has 4 nitrogen and oxygen atoms in total. The van der Waals surface area contributed by atoms with Crippen LogP contribution in [0.3, 0.4) is 0 Å². The van der Waals surface area contributed by atoms with E-state index in [0.29, 0.717) is 17.8 Å². The van der Waals surface area contributed by atoms with Crippen molar-refractivity contribution < 1.29 is 9.32 Å². The summed E-state index contributed by atoms with van der Waals surface area (Å²) in [6.45, 7) is 0.471. The van der Waals surface area contributed by atoms with Crippen LogP contribution in [-0.2, 0) is 6.54 Å². The Kier molecular flexibility index (Phi) is 4.17. The number of hydrogen-bond donors (Lipinski definition) is 1. The summed E-state index contributed by atoms with van der Waals surface area (Å²) < 4.78 is 5.95. The van der Waals surface area contributed by atoms with Crippen molar-refractivity contribution in [3.05, 3.63) is 63.6 Å². The van der Waals surface area contributed by atoms with E-state index in [9.17, 15) is 4.79 Å². The fourth-order valence-electron chi connectivity index (χ4n) is 1.89. The Morgan fingerprint density at radius 1 is 1.24 bits per heavy atom. The van der Waals surface area contributed by atoms with E-state index in [1.165, 1.54) is 17.6 Å². The Labute approximate surface area is 133 Å². The van der Waals surface area contributed by atoms with Crippen molar-refractivity contribution in [2.45, 2.75) is 6.54 Å². The molecule has 0 spiro atoms. The van der Waals surface area contributed by atoms with Gasteiger partial charge in [-0.1, -0.05) is 35.5 Å². The maximum absolute atomic E-state index is 12.3. The molecule has 21 heavy (non-hydrogen) atoms. The Bertz CT molecular complexity index is 752. The van der Waals surface area contributed by atoms with E-state index in [1.807, 2.05) is 42.5 Å². The molecule has 3 rings (SSSR count). The fraction of sp³-hybridized carbons (Fsp3) is 0.0667. The molecule has 0 saturated heterocycles.